The van der Waals surface area contributed by atoms with Gasteiger partial charge in [-0.2, -0.15) is 0 Å². The molecule has 4 aliphatic rings. The van der Waals surface area contributed by atoms with E-state index in [1.165, 1.54) is 11.1 Å². The van der Waals surface area contributed by atoms with E-state index in [0.29, 0.717) is 33.6 Å². The number of aliphatic hydroxyl groups is 1. The van der Waals surface area contributed by atoms with Crippen LogP contribution in [0.25, 0.3) is 22.4 Å². The number of imide groups is 1. The van der Waals surface area contributed by atoms with E-state index in [-0.39, 0.29) is 48.3 Å². The van der Waals surface area contributed by atoms with Crippen LogP contribution in [-0.2, 0) is 0 Å². The van der Waals surface area contributed by atoms with Gasteiger partial charge in [0.05, 0.1) is 45.2 Å². The van der Waals surface area contributed by atoms with Crippen LogP contribution in [0.2, 0.25) is 0 Å². The van der Waals surface area contributed by atoms with Crippen LogP contribution in [0.15, 0.2) is 76.7 Å². The van der Waals surface area contributed by atoms with Crippen molar-refractivity contribution in [3.63, 3.8) is 0 Å². The summed E-state index contributed by atoms with van der Waals surface area (Å²) in [4.78, 5) is 58.6. The predicted octanol–water partition coefficient (Wildman–Crippen LogP) is 3.76. The van der Waals surface area contributed by atoms with Crippen LogP contribution in [0.1, 0.15) is 45.0 Å². The number of ether oxygens (including phenoxy) is 1. The van der Waals surface area contributed by atoms with Crippen molar-refractivity contribution in [1.29, 1.82) is 0 Å². The van der Waals surface area contributed by atoms with E-state index in [9.17, 15) is 19.5 Å². The summed E-state index contributed by atoms with van der Waals surface area (Å²) in [7, 11) is 2.04. The topological polar surface area (TPSA) is 156 Å². The molecule has 1 aliphatic carbocycles. The van der Waals surface area contributed by atoms with Gasteiger partial charge in [0.15, 0.2) is 0 Å². The minimum atomic E-state index is -0.898. The van der Waals surface area contributed by atoms with Gasteiger partial charge in [-0.25, -0.2) is 4.98 Å². The van der Waals surface area contributed by atoms with Crippen molar-refractivity contribution in [2.24, 2.45) is 4.99 Å². The fraction of sp³-hybridized carbons (Fsp3) is 0.286. The van der Waals surface area contributed by atoms with Crippen LogP contribution < -0.4 is 15.6 Å². The number of carbonyl (C=O) groups is 2. The van der Waals surface area contributed by atoms with E-state index >= 15 is 0 Å². The van der Waals surface area contributed by atoms with Crippen molar-refractivity contribution in [2.75, 3.05) is 38.6 Å². The van der Waals surface area contributed by atoms with Crippen LogP contribution >= 0.6 is 0 Å². The van der Waals surface area contributed by atoms with Crippen molar-refractivity contribution in [3.05, 3.63) is 93.9 Å². The second-order valence-electron chi connectivity index (χ2n) is 12.4. The van der Waals surface area contributed by atoms with Gasteiger partial charge in [0.1, 0.15) is 29.8 Å². The molecule has 3 aliphatic heterocycles. The Kier molecular flexibility index (Phi) is 7.11. The van der Waals surface area contributed by atoms with E-state index in [4.69, 9.17) is 9.73 Å². The largest absolute Gasteiger partial charge is 0.490 e. The third-order valence-corrected chi connectivity index (χ3v) is 9.33. The molecule has 2 amide bonds. The van der Waals surface area contributed by atoms with Crippen molar-refractivity contribution in [3.8, 4) is 17.1 Å². The fourth-order valence-corrected chi connectivity index (χ4v) is 6.89. The number of aromatic nitrogens is 3. The number of piperidine rings is 1. The first-order chi connectivity index (χ1) is 22.9. The molecule has 2 aromatic heterocycles. The number of nitrogens with one attached hydrogen (secondary N) is 3. The Bertz CT molecular complexity index is 2030. The van der Waals surface area contributed by atoms with E-state index in [2.05, 4.69) is 31.2 Å². The van der Waals surface area contributed by atoms with Crippen LogP contribution in [0.3, 0.4) is 0 Å². The lowest BCUT2D eigenvalue weighted by Gasteiger charge is -2.33. The van der Waals surface area contributed by atoms with Gasteiger partial charge < -0.3 is 30.0 Å². The molecule has 1 saturated heterocycles. The van der Waals surface area contributed by atoms with Gasteiger partial charge in [-0.05, 0) is 69.4 Å². The van der Waals surface area contributed by atoms with Gasteiger partial charge in [-0.1, -0.05) is 24.3 Å². The van der Waals surface area contributed by atoms with Crippen molar-refractivity contribution in [1.82, 2.24) is 24.8 Å². The summed E-state index contributed by atoms with van der Waals surface area (Å²) in [5.41, 5.74) is 4.78. The third kappa shape index (κ3) is 5.06. The Morgan fingerprint density at radius 1 is 1.09 bits per heavy atom. The maximum Gasteiger partial charge on any atom is 0.261 e. The monoisotopic (exact) mass is 631 g/mol. The summed E-state index contributed by atoms with van der Waals surface area (Å²) in [6.07, 6.45) is 10.1. The molecule has 12 heteroatoms. The minimum Gasteiger partial charge on any atom is -0.490 e. The highest BCUT2D eigenvalue weighted by molar-refractivity contribution is 6.23. The molecule has 5 heterocycles. The Labute approximate surface area is 269 Å². The highest BCUT2D eigenvalue weighted by atomic mass is 16.5. The molecule has 0 bridgehead atoms. The van der Waals surface area contributed by atoms with Gasteiger partial charge in [0.2, 0.25) is 0 Å². The number of benzene rings is 2. The Morgan fingerprint density at radius 3 is 2.72 bits per heavy atom. The zero-order chi connectivity index (χ0) is 32.2. The Morgan fingerprint density at radius 2 is 1.89 bits per heavy atom. The van der Waals surface area contributed by atoms with Crippen molar-refractivity contribution in [2.45, 2.75) is 30.9 Å². The molecular weight excluding hydrogens is 598 g/mol. The standard InChI is InChI=1S/C35H33N7O5/c1-41-13-10-19(11-14-41)42-34(45)22-15-27-28(16-23(22)35(42)46)40-32(39-27)31-25(9-12-36-33(31)44)37-17-20(43)18-47-29-8-4-7-26-30(29)21-5-2-3-6-24(21)38-26/h2-9,12,15-16,19-21,43H,10-11,13-14,17-18H2,1H3,(H,39,40)(H2,36,37,44). The minimum absolute atomic E-state index is 0.0242. The maximum absolute atomic E-state index is 13.4. The number of aliphatic hydroxyl groups excluding tert-OH is 1. The number of aliphatic imine (C=N–C) groups is 1. The third-order valence-electron chi connectivity index (χ3n) is 9.33. The lowest BCUT2D eigenvalue weighted by molar-refractivity contribution is 0.0516. The number of nitrogens with zero attached hydrogens (tertiary/aromatic N) is 4. The van der Waals surface area contributed by atoms with Crippen LogP contribution in [0.4, 0.5) is 11.4 Å². The summed E-state index contributed by atoms with van der Waals surface area (Å²) in [6, 6.07) is 10.6. The number of fused-ring (bicyclic) bond motifs is 5. The molecule has 12 nitrogen and oxygen atoms in total. The molecule has 1 fully saturated rings. The average Bonchev–Trinajstić information content (AvgIpc) is 3.74. The normalized spacial score (nSPS) is 19.6. The van der Waals surface area contributed by atoms with E-state index in [1.54, 1.807) is 18.2 Å². The SMILES string of the molecule is CN1CCC(N2C(=O)c3cc4nc(-c5c(NCC(O)COc6cccc7c6C6C=CC=CC6=N7)cc[nH]c5=O)[nH]c4cc3C2=O)CC1. The highest BCUT2D eigenvalue weighted by Crippen LogP contribution is 2.43. The van der Waals surface area contributed by atoms with Crippen LogP contribution in [0, 0.1) is 0 Å². The molecular formula is C35H33N7O5. The average molecular weight is 632 g/mol. The van der Waals surface area contributed by atoms with Crippen molar-refractivity contribution < 1.29 is 19.4 Å². The van der Waals surface area contributed by atoms with Gasteiger partial charge in [0, 0.05) is 24.3 Å². The quantitative estimate of drug-likeness (QED) is 0.214. The number of allylic oxidation sites excluding steroid dienone is 4. The number of rotatable bonds is 8. The second-order valence-corrected chi connectivity index (χ2v) is 12.4. The number of likely N-dealkylation sites (tertiary alicyclic amines) is 1. The van der Waals surface area contributed by atoms with E-state index < -0.39 is 11.7 Å². The maximum atomic E-state index is 13.4. The Balaban J connectivity index is 0.983. The Hall–Kier alpha value is -5.33. The molecule has 0 saturated carbocycles. The van der Waals surface area contributed by atoms with Crippen LogP contribution in [0.5, 0.6) is 5.75 Å². The zero-order valence-corrected chi connectivity index (χ0v) is 25.7. The molecule has 47 heavy (non-hydrogen) atoms. The summed E-state index contributed by atoms with van der Waals surface area (Å²) in [6.45, 7) is 1.79. The fourth-order valence-electron chi connectivity index (χ4n) is 6.89. The molecule has 2 atom stereocenters. The molecule has 8 rings (SSSR count). The lowest BCUT2D eigenvalue weighted by Crippen LogP contribution is -2.46. The lowest BCUT2D eigenvalue weighted by atomic mass is 9.92. The highest BCUT2D eigenvalue weighted by Gasteiger charge is 2.41. The molecule has 0 spiro atoms. The van der Waals surface area contributed by atoms with E-state index in [1.807, 2.05) is 43.5 Å². The number of H-pyrrole nitrogens is 2. The molecule has 2 aromatic carbocycles. The number of imidazole rings is 1. The molecule has 0 radical (unpaired) electrons. The van der Waals surface area contributed by atoms with Gasteiger partial charge in [-0.3, -0.25) is 24.3 Å². The van der Waals surface area contributed by atoms with E-state index in [0.717, 1.165) is 42.9 Å². The summed E-state index contributed by atoms with van der Waals surface area (Å²) >= 11 is 0. The van der Waals surface area contributed by atoms with Crippen LogP contribution in [-0.4, -0.2) is 92.8 Å². The summed E-state index contributed by atoms with van der Waals surface area (Å²) in [5, 5.41) is 14.0. The number of carbonyl (C=O) groups excluding carboxylic acids is 2. The van der Waals surface area contributed by atoms with Gasteiger partial charge >= 0.3 is 0 Å². The first-order valence-electron chi connectivity index (χ1n) is 15.8. The number of amides is 2. The predicted molar refractivity (Wildman–Crippen MR) is 178 cm³/mol. The summed E-state index contributed by atoms with van der Waals surface area (Å²) in [5.74, 6) is 0.370. The number of hydrogen-bond donors (Lipinski definition) is 4. The van der Waals surface area contributed by atoms with Gasteiger partial charge in [0.25, 0.3) is 17.4 Å². The first kappa shape index (κ1) is 29.1. The number of anilines is 1. The number of pyridine rings is 1. The zero-order valence-electron chi connectivity index (χ0n) is 25.7. The molecule has 238 valence electrons. The van der Waals surface area contributed by atoms with Crippen molar-refractivity contribution >= 4 is 39.9 Å². The molecule has 4 N–H and O–H groups in total. The summed E-state index contributed by atoms with van der Waals surface area (Å²) < 4.78 is 6.06. The first-order valence-corrected chi connectivity index (χ1v) is 15.8. The molecule has 4 aromatic rings. The van der Waals surface area contributed by atoms with Gasteiger partial charge in [-0.15, -0.1) is 0 Å². The number of aromatic amines is 2. The molecule has 2 unspecified atom stereocenters. The smallest absolute Gasteiger partial charge is 0.261 e. The second kappa shape index (κ2) is 11.5. The number of hydrogen-bond acceptors (Lipinski definition) is 9.